The van der Waals surface area contributed by atoms with Gasteiger partial charge in [0.2, 0.25) is 0 Å². The van der Waals surface area contributed by atoms with Crippen molar-refractivity contribution in [2.75, 3.05) is 26.4 Å². The Morgan fingerprint density at radius 1 is 1.15 bits per heavy atom. The fourth-order valence-corrected chi connectivity index (χ4v) is 4.98. The van der Waals surface area contributed by atoms with Crippen molar-refractivity contribution in [2.24, 2.45) is 10.2 Å². The van der Waals surface area contributed by atoms with Crippen LogP contribution in [-0.2, 0) is 13.3 Å². The van der Waals surface area contributed by atoms with Crippen LogP contribution in [0, 0.1) is 0 Å². The number of amides is 1. The Hall–Kier alpha value is -1.68. The molecule has 1 N–H and O–H groups in total. The van der Waals surface area contributed by atoms with Crippen LogP contribution in [0.15, 0.2) is 28.6 Å². The van der Waals surface area contributed by atoms with Crippen molar-refractivity contribution in [3.63, 3.8) is 0 Å². The van der Waals surface area contributed by atoms with Gasteiger partial charge in [0.1, 0.15) is 0 Å². The van der Waals surface area contributed by atoms with E-state index in [0.29, 0.717) is 50.2 Å². The lowest BCUT2D eigenvalue weighted by Crippen LogP contribution is -2.46. The van der Waals surface area contributed by atoms with Gasteiger partial charge in [-0.1, -0.05) is 0 Å². The molecule has 0 aromatic carbocycles. The fourth-order valence-electron chi connectivity index (χ4n) is 2.36. The van der Waals surface area contributed by atoms with Crippen molar-refractivity contribution in [3.8, 4) is 0 Å². The average molecular weight is 397 g/mol. The van der Waals surface area contributed by atoms with Gasteiger partial charge in [0.25, 0.3) is 5.91 Å². The lowest BCUT2D eigenvalue weighted by Gasteiger charge is -2.28. The minimum absolute atomic E-state index is 0.107. The number of nitrogens with zero attached hydrogens (tertiary/aromatic N) is 3. The molecule has 0 fully saturated rings. The van der Waals surface area contributed by atoms with Crippen molar-refractivity contribution in [2.45, 2.75) is 53.1 Å². The maximum atomic E-state index is 12.2. The van der Waals surface area contributed by atoms with Gasteiger partial charge in [-0.2, -0.15) is 5.11 Å². The SMILES string of the molecule is CCO[Si](CCCNC(=O)c1ccc(N=NC(C)C)nc1)(OCC)OCC. The first-order valence-electron chi connectivity index (χ1n) is 9.53. The van der Waals surface area contributed by atoms with E-state index in [1.165, 1.54) is 6.20 Å². The minimum atomic E-state index is -2.66. The third-order valence-corrected chi connectivity index (χ3v) is 6.59. The molecule has 0 saturated heterocycles. The summed E-state index contributed by atoms with van der Waals surface area (Å²) in [5, 5.41) is 10.9. The smallest absolute Gasteiger partial charge is 0.374 e. The first-order chi connectivity index (χ1) is 13.0. The normalized spacial score (nSPS) is 12.1. The first kappa shape index (κ1) is 23.4. The third kappa shape index (κ3) is 8.70. The van der Waals surface area contributed by atoms with Crippen LogP contribution < -0.4 is 5.32 Å². The molecule has 1 rings (SSSR count). The Morgan fingerprint density at radius 3 is 2.26 bits per heavy atom. The van der Waals surface area contributed by atoms with Crippen LogP contribution in [0.1, 0.15) is 51.4 Å². The van der Waals surface area contributed by atoms with E-state index in [0.717, 1.165) is 0 Å². The maximum absolute atomic E-state index is 12.2. The van der Waals surface area contributed by atoms with Gasteiger partial charge in [-0.05, 0) is 53.2 Å². The van der Waals surface area contributed by atoms with E-state index in [-0.39, 0.29) is 11.9 Å². The zero-order chi connectivity index (χ0) is 20.1. The van der Waals surface area contributed by atoms with Gasteiger partial charge in [-0.3, -0.25) is 4.79 Å². The highest BCUT2D eigenvalue weighted by Crippen LogP contribution is 2.18. The molecule has 0 radical (unpaired) electrons. The number of nitrogens with one attached hydrogen (secondary N) is 1. The first-order valence-corrected chi connectivity index (χ1v) is 11.5. The number of carbonyl (C=O) groups excluding carboxylic acids is 1. The topological polar surface area (TPSA) is 94.4 Å². The van der Waals surface area contributed by atoms with Gasteiger partial charge >= 0.3 is 8.80 Å². The Morgan fingerprint density at radius 2 is 1.78 bits per heavy atom. The van der Waals surface area contributed by atoms with E-state index < -0.39 is 8.80 Å². The number of pyridine rings is 1. The Bertz CT molecular complexity index is 564. The van der Waals surface area contributed by atoms with Gasteiger partial charge in [0.15, 0.2) is 5.82 Å². The van der Waals surface area contributed by atoms with Gasteiger partial charge < -0.3 is 18.6 Å². The summed E-state index contributed by atoms with van der Waals surface area (Å²) in [4.78, 5) is 16.4. The van der Waals surface area contributed by atoms with Crippen LogP contribution in [0.4, 0.5) is 5.82 Å². The number of aromatic nitrogens is 1. The highest BCUT2D eigenvalue weighted by atomic mass is 28.4. The zero-order valence-electron chi connectivity index (χ0n) is 17.0. The summed E-state index contributed by atoms with van der Waals surface area (Å²) in [6.45, 7) is 11.8. The molecule has 0 aliphatic carbocycles. The maximum Gasteiger partial charge on any atom is 0.500 e. The molecule has 0 bridgehead atoms. The molecule has 0 unspecified atom stereocenters. The second kappa shape index (κ2) is 12.7. The quantitative estimate of drug-likeness (QED) is 0.311. The van der Waals surface area contributed by atoms with Crippen molar-refractivity contribution >= 4 is 20.5 Å². The summed E-state index contributed by atoms with van der Waals surface area (Å²) in [5.74, 6) is 0.313. The number of azo groups is 1. The number of hydrogen-bond donors (Lipinski definition) is 1. The molecule has 27 heavy (non-hydrogen) atoms. The number of carbonyl (C=O) groups is 1. The summed E-state index contributed by atoms with van der Waals surface area (Å²) < 4.78 is 17.4. The average Bonchev–Trinajstić information content (AvgIpc) is 2.64. The highest BCUT2D eigenvalue weighted by Gasteiger charge is 2.39. The summed E-state index contributed by atoms with van der Waals surface area (Å²) >= 11 is 0. The Labute approximate surface area is 163 Å². The highest BCUT2D eigenvalue weighted by molar-refractivity contribution is 6.60. The zero-order valence-corrected chi connectivity index (χ0v) is 18.0. The van der Waals surface area contributed by atoms with Crippen molar-refractivity contribution in [1.82, 2.24) is 10.3 Å². The molecule has 0 aliphatic rings. The van der Waals surface area contributed by atoms with Crippen LogP contribution in [0.2, 0.25) is 6.04 Å². The van der Waals surface area contributed by atoms with Gasteiger partial charge in [-0.25, -0.2) is 4.98 Å². The summed E-state index contributed by atoms with van der Waals surface area (Å²) in [7, 11) is -2.66. The van der Waals surface area contributed by atoms with E-state index in [9.17, 15) is 4.79 Å². The molecular weight excluding hydrogens is 364 g/mol. The predicted molar refractivity (Wildman–Crippen MR) is 106 cm³/mol. The van der Waals surface area contributed by atoms with Crippen LogP contribution in [0.25, 0.3) is 0 Å². The minimum Gasteiger partial charge on any atom is -0.374 e. The second-order valence-corrected chi connectivity index (χ2v) is 8.79. The van der Waals surface area contributed by atoms with Crippen LogP contribution in [0.3, 0.4) is 0 Å². The molecule has 0 saturated carbocycles. The van der Waals surface area contributed by atoms with Crippen molar-refractivity contribution in [1.29, 1.82) is 0 Å². The Balaban J connectivity index is 2.51. The van der Waals surface area contributed by atoms with E-state index in [2.05, 4.69) is 20.5 Å². The summed E-state index contributed by atoms with van der Waals surface area (Å²) in [6.07, 6.45) is 2.22. The molecule has 9 heteroatoms. The van der Waals surface area contributed by atoms with E-state index in [1.807, 2.05) is 34.6 Å². The molecule has 1 heterocycles. The van der Waals surface area contributed by atoms with E-state index >= 15 is 0 Å². The van der Waals surface area contributed by atoms with Gasteiger partial charge in [-0.15, -0.1) is 5.11 Å². The third-order valence-electron chi connectivity index (χ3n) is 3.44. The summed E-state index contributed by atoms with van der Waals surface area (Å²) in [5.41, 5.74) is 0.487. The summed E-state index contributed by atoms with van der Waals surface area (Å²) in [6, 6.07) is 4.14. The molecule has 1 aromatic rings. The monoisotopic (exact) mass is 396 g/mol. The van der Waals surface area contributed by atoms with Gasteiger partial charge in [0.05, 0.1) is 11.6 Å². The molecular formula is C18H32N4O4Si. The van der Waals surface area contributed by atoms with Crippen LogP contribution >= 0.6 is 0 Å². The molecule has 8 nitrogen and oxygen atoms in total. The molecule has 0 aliphatic heterocycles. The lowest BCUT2D eigenvalue weighted by molar-refractivity contribution is 0.0705. The molecule has 1 amide bonds. The predicted octanol–water partition coefficient (Wildman–Crippen LogP) is 3.74. The largest absolute Gasteiger partial charge is 0.500 e. The number of rotatable bonds is 13. The molecule has 0 spiro atoms. The van der Waals surface area contributed by atoms with Crippen LogP contribution in [0.5, 0.6) is 0 Å². The van der Waals surface area contributed by atoms with Crippen LogP contribution in [-0.4, -0.2) is 52.1 Å². The van der Waals surface area contributed by atoms with Crippen molar-refractivity contribution < 1.29 is 18.1 Å². The fraction of sp³-hybridized carbons (Fsp3) is 0.667. The lowest BCUT2D eigenvalue weighted by atomic mass is 10.2. The van der Waals surface area contributed by atoms with E-state index in [4.69, 9.17) is 13.3 Å². The van der Waals surface area contributed by atoms with Gasteiger partial charge in [0, 0.05) is 38.6 Å². The second-order valence-electron chi connectivity index (χ2n) is 6.06. The van der Waals surface area contributed by atoms with E-state index in [1.54, 1.807) is 12.1 Å². The number of hydrogen-bond acceptors (Lipinski definition) is 7. The van der Waals surface area contributed by atoms with Crippen molar-refractivity contribution in [3.05, 3.63) is 23.9 Å². The molecule has 0 atom stereocenters. The standard InChI is InChI=1S/C18H32N4O4Si/c1-6-24-27(25-7-2,26-8-3)13-9-12-19-18(23)16-10-11-17(20-14-16)22-21-15(4)5/h10-11,14-15H,6-9,12-13H2,1-5H3,(H,19,23). The Kier molecular flexibility index (Phi) is 11.0. The molecule has 1 aromatic heterocycles. The molecule has 152 valence electrons.